The summed E-state index contributed by atoms with van der Waals surface area (Å²) in [7, 11) is 0. The highest BCUT2D eigenvalue weighted by molar-refractivity contribution is 7.98. The molecular formula is C17H16N2O2S. The molecular weight excluding hydrogens is 296 g/mol. The molecule has 0 bridgehead atoms. The number of hydrogen-bond acceptors (Lipinski definition) is 5. The molecule has 2 aliphatic rings. The van der Waals surface area contributed by atoms with Gasteiger partial charge in [-0.2, -0.15) is 5.26 Å². The van der Waals surface area contributed by atoms with Gasteiger partial charge in [0.25, 0.3) is 0 Å². The van der Waals surface area contributed by atoms with Gasteiger partial charge >= 0.3 is 0 Å². The normalized spacial score (nSPS) is 24.5. The predicted octanol–water partition coefficient (Wildman–Crippen LogP) is 3.65. The number of allylic oxidation sites excluding steroid dienone is 2. The van der Waals surface area contributed by atoms with Gasteiger partial charge in [-0.3, -0.25) is 10.2 Å². The minimum Gasteiger partial charge on any atom is -0.446 e. The number of ketones is 1. The fourth-order valence-electron chi connectivity index (χ4n) is 3.11. The number of thioether (sulfide) groups is 1. The van der Waals surface area contributed by atoms with Crippen molar-refractivity contribution in [2.24, 2.45) is 5.92 Å². The average molecular weight is 312 g/mol. The second kappa shape index (κ2) is 5.98. The van der Waals surface area contributed by atoms with E-state index in [2.05, 4.69) is 6.07 Å². The number of carbonyl (C=O) groups is 1. The third kappa shape index (κ3) is 2.44. The lowest BCUT2D eigenvalue weighted by Crippen LogP contribution is -2.34. The Morgan fingerprint density at radius 1 is 1.32 bits per heavy atom. The van der Waals surface area contributed by atoms with Crippen LogP contribution in [0.15, 0.2) is 40.5 Å². The van der Waals surface area contributed by atoms with E-state index >= 15 is 0 Å². The van der Waals surface area contributed by atoms with Crippen molar-refractivity contribution in [3.8, 4) is 6.07 Å². The van der Waals surface area contributed by atoms with E-state index in [9.17, 15) is 10.1 Å². The number of nitriles is 1. The van der Waals surface area contributed by atoms with Crippen LogP contribution in [0.1, 0.15) is 30.7 Å². The van der Waals surface area contributed by atoms with Crippen molar-refractivity contribution in [1.29, 1.82) is 10.7 Å². The van der Waals surface area contributed by atoms with Crippen molar-refractivity contribution in [3.05, 3.63) is 41.2 Å². The summed E-state index contributed by atoms with van der Waals surface area (Å²) in [4.78, 5) is 13.5. The van der Waals surface area contributed by atoms with Crippen molar-refractivity contribution >= 4 is 23.4 Å². The molecule has 5 heteroatoms. The summed E-state index contributed by atoms with van der Waals surface area (Å²) in [6, 6.07) is 10.0. The molecule has 22 heavy (non-hydrogen) atoms. The lowest BCUT2D eigenvalue weighted by Gasteiger charge is -2.34. The van der Waals surface area contributed by atoms with Gasteiger partial charge < -0.3 is 4.74 Å². The van der Waals surface area contributed by atoms with Crippen LogP contribution >= 0.6 is 11.8 Å². The Morgan fingerprint density at radius 2 is 2.05 bits per heavy atom. The van der Waals surface area contributed by atoms with Crippen molar-refractivity contribution in [2.45, 2.75) is 30.1 Å². The van der Waals surface area contributed by atoms with Gasteiger partial charge in [-0.05, 0) is 30.4 Å². The quantitative estimate of drug-likeness (QED) is 0.846. The Bertz CT molecular complexity index is 700. The van der Waals surface area contributed by atoms with E-state index < -0.39 is 5.92 Å². The molecule has 1 N–H and O–H groups in total. The van der Waals surface area contributed by atoms with Crippen molar-refractivity contribution in [3.63, 3.8) is 0 Å². The second-order valence-corrected chi connectivity index (χ2v) is 6.32. The highest BCUT2D eigenvalue weighted by Crippen LogP contribution is 2.43. The van der Waals surface area contributed by atoms with Crippen LogP contribution in [0.3, 0.4) is 0 Å². The topological polar surface area (TPSA) is 73.9 Å². The van der Waals surface area contributed by atoms with Crippen LogP contribution in [-0.4, -0.2) is 17.9 Å². The third-order valence-corrected chi connectivity index (χ3v) is 4.93. The van der Waals surface area contributed by atoms with Gasteiger partial charge in [-0.1, -0.05) is 12.1 Å². The van der Waals surface area contributed by atoms with Gasteiger partial charge in [0.1, 0.15) is 11.7 Å². The van der Waals surface area contributed by atoms with Gasteiger partial charge in [0.2, 0.25) is 5.90 Å². The fraction of sp³-hybridized carbons (Fsp3) is 0.353. The average Bonchev–Trinajstić information content (AvgIpc) is 2.54. The van der Waals surface area contributed by atoms with Crippen LogP contribution in [0.4, 0.5) is 0 Å². The number of benzene rings is 1. The highest BCUT2D eigenvalue weighted by Gasteiger charge is 2.42. The zero-order valence-corrected chi connectivity index (χ0v) is 13.1. The molecule has 0 spiro atoms. The number of Topliss-reactive ketones (excluding diaryl/α,β-unsaturated/α-hetero) is 1. The SMILES string of the molecule is CSc1ccc(C2C3=C(CCCC3=O)OC(=N)C2C#N)cc1. The molecule has 0 saturated heterocycles. The van der Waals surface area contributed by atoms with E-state index in [1.54, 1.807) is 11.8 Å². The molecule has 0 amide bonds. The highest BCUT2D eigenvalue weighted by atomic mass is 32.2. The van der Waals surface area contributed by atoms with Crippen LogP contribution in [0.25, 0.3) is 0 Å². The number of hydrogen-bond donors (Lipinski definition) is 1. The van der Waals surface area contributed by atoms with Gasteiger partial charge in [0.05, 0.1) is 6.07 Å². The van der Waals surface area contributed by atoms with Gasteiger partial charge in [-0.25, -0.2) is 0 Å². The van der Waals surface area contributed by atoms with Crippen LogP contribution in [0.2, 0.25) is 0 Å². The van der Waals surface area contributed by atoms with Crippen molar-refractivity contribution in [2.75, 3.05) is 6.26 Å². The minimum absolute atomic E-state index is 0.0464. The maximum Gasteiger partial charge on any atom is 0.205 e. The standard InChI is InChI=1S/C17H16N2O2S/c1-22-11-7-5-10(6-8-11)15-12(9-18)17(19)21-14-4-2-3-13(20)16(14)15/h5-8,12,15,19H,2-4H2,1H3. The van der Waals surface area contributed by atoms with Crippen LogP contribution in [0.5, 0.6) is 0 Å². The Hall–Kier alpha value is -2.06. The van der Waals surface area contributed by atoms with Gasteiger partial charge in [0.15, 0.2) is 5.78 Å². The van der Waals surface area contributed by atoms with Crippen molar-refractivity contribution < 1.29 is 9.53 Å². The number of carbonyl (C=O) groups excluding carboxylic acids is 1. The monoisotopic (exact) mass is 312 g/mol. The van der Waals surface area contributed by atoms with E-state index in [4.69, 9.17) is 10.1 Å². The van der Waals surface area contributed by atoms with E-state index in [1.807, 2.05) is 30.5 Å². The molecule has 0 fully saturated rings. The van der Waals surface area contributed by atoms with E-state index in [0.717, 1.165) is 16.9 Å². The first-order valence-corrected chi connectivity index (χ1v) is 8.44. The summed E-state index contributed by atoms with van der Waals surface area (Å²) in [5.74, 6) is -0.527. The Kier molecular flexibility index (Phi) is 4.04. The predicted molar refractivity (Wildman–Crippen MR) is 84.8 cm³/mol. The summed E-state index contributed by atoms with van der Waals surface area (Å²) in [6.07, 6.45) is 3.91. The van der Waals surface area contributed by atoms with Gasteiger partial charge in [0, 0.05) is 29.2 Å². The second-order valence-electron chi connectivity index (χ2n) is 5.44. The molecule has 3 rings (SSSR count). The van der Waals surface area contributed by atoms with E-state index in [0.29, 0.717) is 24.2 Å². The Balaban J connectivity index is 2.11. The van der Waals surface area contributed by atoms with Crippen LogP contribution in [0, 0.1) is 22.7 Å². The first kappa shape index (κ1) is 14.9. The molecule has 1 aliphatic heterocycles. The lowest BCUT2D eigenvalue weighted by molar-refractivity contribution is -0.116. The number of ether oxygens (including phenoxy) is 1. The summed E-state index contributed by atoms with van der Waals surface area (Å²) in [5.41, 5.74) is 1.51. The molecule has 1 aromatic rings. The molecule has 1 aliphatic carbocycles. The Labute approximate surface area is 133 Å². The molecule has 112 valence electrons. The van der Waals surface area contributed by atoms with Gasteiger partial charge in [-0.15, -0.1) is 11.8 Å². The fourth-order valence-corrected chi connectivity index (χ4v) is 3.51. The first-order valence-electron chi connectivity index (χ1n) is 7.21. The molecule has 2 atom stereocenters. The zero-order valence-electron chi connectivity index (χ0n) is 12.3. The van der Waals surface area contributed by atoms with E-state index in [-0.39, 0.29) is 17.6 Å². The minimum atomic E-state index is -0.735. The molecule has 0 radical (unpaired) electrons. The summed E-state index contributed by atoms with van der Waals surface area (Å²) < 4.78 is 5.48. The molecule has 2 unspecified atom stereocenters. The smallest absolute Gasteiger partial charge is 0.205 e. The van der Waals surface area contributed by atoms with Crippen LogP contribution < -0.4 is 0 Å². The lowest BCUT2D eigenvalue weighted by atomic mass is 9.74. The molecule has 0 saturated carbocycles. The van der Waals surface area contributed by atoms with E-state index in [1.165, 1.54) is 0 Å². The summed E-state index contributed by atoms with van der Waals surface area (Å²) in [5, 5.41) is 17.5. The molecule has 1 aromatic carbocycles. The maximum atomic E-state index is 12.4. The summed E-state index contributed by atoms with van der Waals surface area (Å²) >= 11 is 1.64. The number of nitrogens with zero attached hydrogens (tertiary/aromatic N) is 1. The largest absolute Gasteiger partial charge is 0.446 e. The zero-order chi connectivity index (χ0) is 15.7. The summed E-state index contributed by atoms with van der Waals surface area (Å²) in [6.45, 7) is 0. The van der Waals surface area contributed by atoms with Crippen LogP contribution in [-0.2, 0) is 9.53 Å². The third-order valence-electron chi connectivity index (χ3n) is 4.18. The molecule has 4 nitrogen and oxygen atoms in total. The maximum absolute atomic E-state index is 12.4. The number of rotatable bonds is 2. The van der Waals surface area contributed by atoms with Crippen molar-refractivity contribution in [1.82, 2.24) is 0 Å². The molecule has 0 aromatic heterocycles. The first-order chi connectivity index (χ1) is 10.7. The number of nitrogens with one attached hydrogen (secondary N) is 1. The molecule has 1 heterocycles. The Morgan fingerprint density at radius 3 is 2.68 bits per heavy atom.